The average Bonchev–Trinajstić information content (AvgIpc) is 3.75. The standard InChI is InChI=1S/C33H48N4O10/c1-5-44-25(45-6-2)15-14-21-11-10-12-22(17-21)20-37-28(31(40)36-19-26(42-3)43-4)27-29(39)30-23(46-30)18-33(27,47-37)32(41)35-16-9-7-8-13-24(34)38/h10-12,17,23,25-30,39H,5-9,13,16,18-20H2,1-4H3,(H2,34,38)(H,35,41)(H,36,40)/t23-,27+,28-,29-,30-,33-/m0/s1. The number of unbranched alkanes of at least 4 members (excludes halogenated alkanes) is 2. The van der Waals surface area contributed by atoms with Crippen molar-refractivity contribution in [1.29, 1.82) is 0 Å². The van der Waals surface area contributed by atoms with Gasteiger partial charge in [-0.25, -0.2) is 0 Å². The Labute approximate surface area is 275 Å². The third-order valence-electron chi connectivity index (χ3n) is 8.54. The lowest BCUT2D eigenvalue weighted by molar-refractivity contribution is -0.219. The van der Waals surface area contributed by atoms with Crippen molar-refractivity contribution in [2.45, 2.75) is 95.0 Å². The Morgan fingerprint density at radius 1 is 1.13 bits per heavy atom. The second-order valence-electron chi connectivity index (χ2n) is 11.8. The number of nitrogens with two attached hydrogens (primary N) is 1. The van der Waals surface area contributed by atoms with Gasteiger partial charge in [0, 0.05) is 52.4 Å². The number of nitrogens with zero attached hydrogens (tertiary/aromatic N) is 1. The van der Waals surface area contributed by atoms with Crippen LogP contribution in [0.25, 0.3) is 0 Å². The molecule has 14 heteroatoms. The van der Waals surface area contributed by atoms with Gasteiger partial charge in [0.1, 0.15) is 12.1 Å². The van der Waals surface area contributed by atoms with Gasteiger partial charge in [0.15, 0.2) is 11.9 Å². The van der Waals surface area contributed by atoms with E-state index >= 15 is 0 Å². The normalized spacial score (nSPS) is 26.3. The Morgan fingerprint density at radius 3 is 2.55 bits per heavy atom. The van der Waals surface area contributed by atoms with Gasteiger partial charge >= 0.3 is 0 Å². The molecule has 1 aromatic rings. The van der Waals surface area contributed by atoms with Crippen LogP contribution in [-0.4, -0.2) is 111 Å². The molecule has 1 saturated carbocycles. The van der Waals surface area contributed by atoms with Crippen molar-refractivity contribution in [3.05, 3.63) is 35.4 Å². The maximum absolute atomic E-state index is 14.0. The van der Waals surface area contributed by atoms with Crippen LogP contribution in [0, 0.1) is 17.8 Å². The number of epoxide rings is 1. The average molecular weight is 661 g/mol. The summed E-state index contributed by atoms with van der Waals surface area (Å²) in [6, 6.07) is 6.37. The van der Waals surface area contributed by atoms with E-state index in [1.165, 1.54) is 19.3 Å². The van der Waals surface area contributed by atoms with Gasteiger partial charge in [-0.2, -0.15) is 5.06 Å². The molecule has 3 amide bonds. The van der Waals surface area contributed by atoms with Crippen LogP contribution >= 0.6 is 0 Å². The largest absolute Gasteiger partial charge is 0.390 e. The van der Waals surface area contributed by atoms with Crippen molar-refractivity contribution in [3.8, 4) is 11.8 Å². The maximum atomic E-state index is 14.0. The van der Waals surface area contributed by atoms with Crippen LogP contribution in [0.4, 0.5) is 0 Å². The predicted octanol–water partition coefficient (Wildman–Crippen LogP) is 0.337. The fourth-order valence-electron chi connectivity index (χ4n) is 6.24. The van der Waals surface area contributed by atoms with Crippen molar-refractivity contribution < 1.29 is 48.0 Å². The van der Waals surface area contributed by atoms with Crippen LogP contribution in [0.3, 0.4) is 0 Å². The highest BCUT2D eigenvalue weighted by Gasteiger charge is 2.72. The first-order valence-electron chi connectivity index (χ1n) is 16.2. The molecule has 1 aromatic carbocycles. The van der Waals surface area contributed by atoms with Gasteiger partial charge in [0.25, 0.3) is 5.91 Å². The Balaban J connectivity index is 1.59. The number of nitrogens with one attached hydrogen (secondary N) is 2. The molecule has 3 aliphatic rings. The highest BCUT2D eigenvalue weighted by molar-refractivity contribution is 5.90. The number of aliphatic hydroxyl groups excluding tert-OH is 1. The van der Waals surface area contributed by atoms with Gasteiger partial charge in [-0.15, -0.1) is 0 Å². The molecule has 2 heterocycles. The van der Waals surface area contributed by atoms with E-state index in [4.69, 9.17) is 34.3 Å². The van der Waals surface area contributed by atoms with E-state index in [0.29, 0.717) is 44.6 Å². The zero-order valence-corrected chi connectivity index (χ0v) is 27.6. The summed E-state index contributed by atoms with van der Waals surface area (Å²) in [5, 5.41) is 18.8. The van der Waals surface area contributed by atoms with Gasteiger partial charge in [0.2, 0.25) is 18.1 Å². The maximum Gasteiger partial charge on any atom is 0.254 e. The number of hydrogen-bond donors (Lipinski definition) is 4. The van der Waals surface area contributed by atoms with E-state index in [1.807, 2.05) is 38.1 Å². The van der Waals surface area contributed by atoms with Crippen molar-refractivity contribution in [2.24, 2.45) is 11.7 Å². The Morgan fingerprint density at radius 2 is 1.87 bits per heavy atom. The van der Waals surface area contributed by atoms with Gasteiger partial charge in [-0.05, 0) is 50.3 Å². The number of fused-ring (bicyclic) bond motifs is 2. The summed E-state index contributed by atoms with van der Waals surface area (Å²) in [6.07, 6.45) is -0.979. The molecule has 260 valence electrons. The molecule has 47 heavy (non-hydrogen) atoms. The van der Waals surface area contributed by atoms with E-state index in [0.717, 1.165) is 5.56 Å². The van der Waals surface area contributed by atoms with E-state index in [-0.39, 0.29) is 37.9 Å². The monoisotopic (exact) mass is 660 g/mol. The molecule has 0 radical (unpaired) electrons. The summed E-state index contributed by atoms with van der Waals surface area (Å²) < 4.78 is 27.3. The number of carbonyl (C=O) groups is 3. The van der Waals surface area contributed by atoms with Gasteiger partial charge < -0.3 is 45.2 Å². The lowest BCUT2D eigenvalue weighted by Gasteiger charge is -2.37. The Kier molecular flexibility index (Phi) is 13.5. The van der Waals surface area contributed by atoms with Crippen LogP contribution < -0.4 is 16.4 Å². The lowest BCUT2D eigenvalue weighted by atomic mass is 9.70. The Hall–Kier alpha value is -3.13. The molecule has 2 aliphatic heterocycles. The number of ether oxygens (including phenoxy) is 5. The molecule has 4 rings (SSSR count). The summed E-state index contributed by atoms with van der Waals surface area (Å²) >= 11 is 0. The fraction of sp³-hybridized carbons (Fsp3) is 0.667. The molecular weight excluding hydrogens is 612 g/mol. The quantitative estimate of drug-likeness (QED) is 0.0737. The van der Waals surface area contributed by atoms with Crippen molar-refractivity contribution in [1.82, 2.24) is 15.7 Å². The van der Waals surface area contributed by atoms with Crippen LogP contribution in [0.2, 0.25) is 0 Å². The molecule has 0 bridgehead atoms. The molecule has 1 aliphatic carbocycles. The minimum atomic E-state index is -1.56. The summed E-state index contributed by atoms with van der Waals surface area (Å²) in [4.78, 5) is 45.4. The number of benzene rings is 1. The van der Waals surface area contributed by atoms with Crippen molar-refractivity contribution >= 4 is 17.7 Å². The third-order valence-corrected chi connectivity index (χ3v) is 8.54. The summed E-state index contributed by atoms with van der Waals surface area (Å²) in [7, 11) is 2.93. The topological polar surface area (TPSA) is 183 Å². The molecule has 0 spiro atoms. The summed E-state index contributed by atoms with van der Waals surface area (Å²) in [6.45, 7) is 5.12. The van der Waals surface area contributed by atoms with Crippen LogP contribution in [0.15, 0.2) is 24.3 Å². The van der Waals surface area contributed by atoms with Crippen molar-refractivity contribution in [3.63, 3.8) is 0 Å². The number of hydroxylamine groups is 2. The summed E-state index contributed by atoms with van der Waals surface area (Å²) in [5.41, 5.74) is 5.14. The molecule has 0 aromatic heterocycles. The minimum absolute atomic E-state index is 0.0396. The number of amides is 3. The van der Waals surface area contributed by atoms with Crippen LogP contribution in [0.5, 0.6) is 0 Å². The number of aliphatic hydroxyl groups is 1. The van der Waals surface area contributed by atoms with Crippen LogP contribution in [-0.2, 0) is 49.5 Å². The van der Waals surface area contributed by atoms with Crippen LogP contribution in [0.1, 0.15) is 57.1 Å². The van der Waals surface area contributed by atoms with Gasteiger partial charge in [0.05, 0.1) is 31.2 Å². The number of carbonyl (C=O) groups excluding carboxylic acids is 3. The van der Waals surface area contributed by atoms with Crippen molar-refractivity contribution in [2.75, 3.05) is 40.5 Å². The third kappa shape index (κ3) is 9.27. The number of hydrogen-bond acceptors (Lipinski definition) is 11. The van der Waals surface area contributed by atoms with Gasteiger partial charge in [-0.3, -0.25) is 19.2 Å². The first-order valence-corrected chi connectivity index (χ1v) is 16.2. The first-order chi connectivity index (χ1) is 22.7. The predicted molar refractivity (Wildman–Crippen MR) is 168 cm³/mol. The highest BCUT2D eigenvalue weighted by Crippen LogP contribution is 2.53. The fourth-order valence-corrected chi connectivity index (χ4v) is 6.24. The van der Waals surface area contributed by atoms with E-state index in [1.54, 1.807) is 0 Å². The molecule has 14 nitrogen and oxygen atoms in total. The smallest absolute Gasteiger partial charge is 0.254 e. The zero-order valence-electron chi connectivity index (χ0n) is 27.6. The zero-order chi connectivity index (χ0) is 34.0. The van der Waals surface area contributed by atoms with E-state index in [9.17, 15) is 19.5 Å². The number of methoxy groups -OCH3 is 2. The molecule has 5 N–H and O–H groups in total. The molecule has 2 saturated heterocycles. The number of primary amides is 1. The highest BCUT2D eigenvalue weighted by atomic mass is 16.7. The molecule has 3 fully saturated rings. The second-order valence-corrected chi connectivity index (χ2v) is 11.8. The molecule has 6 atom stereocenters. The number of rotatable bonds is 18. The first kappa shape index (κ1) is 36.7. The minimum Gasteiger partial charge on any atom is -0.390 e. The Bertz CT molecular complexity index is 1280. The SMILES string of the molecule is CCOC(C#Cc1cccc(CN2O[C@@]3(C(=O)NCCCCCC(N)=O)C[C@@H]4O[C@@H]4[C@@H](O)[C@H]3[C@H]2C(=O)NCC(OC)OC)c1)OCC. The van der Waals surface area contributed by atoms with E-state index < -0.39 is 54.2 Å². The molecule has 0 unspecified atom stereocenters. The summed E-state index contributed by atoms with van der Waals surface area (Å²) in [5.74, 6) is 3.88. The van der Waals surface area contributed by atoms with Gasteiger partial charge in [-0.1, -0.05) is 24.5 Å². The van der Waals surface area contributed by atoms with E-state index in [2.05, 4.69) is 22.5 Å². The lowest BCUT2D eigenvalue weighted by Crippen LogP contribution is -2.61. The second kappa shape index (κ2) is 17.3. The molecular formula is C33H48N4O10.